The largest absolute Gasteiger partial charge is 0.379 e. The van der Waals surface area contributed by atoms with Crippen molar-refractivity contribution in [3.05, 3.63) is 34.8 Å². The third-order valence-electron chi connectivity index (χ3n) is 2.56. The van der Waals surface area contributed by atoms with Gasteiger partial charge < -0.3 is 14.3 Å². The maximum Gasteiger partial charge on any atom is 0.178 e. The van der Waals surface area contributed by atoms with Crippen molar-refractivity contribution < 1.29 is 4.74 Å². The molecule has 0 amide bonds. The van der Waals surface area contributed by atoms with Crippen molar-refractivity contribution >= 4 is 34.9 Å². The Kier molecular flexibility index (Phi) is 4.52. The summed E-state index contributed by atoms with van der Waals surface area (Å²) in [5, 5.41) is 0.589. The van der Waals surface area contributed by atoms with E-state index in [-0.39, 0.29) is 0 Å². The molecule has 0 aliphatic rings. The lowest BCUT2D eigenvalue weighted by Crippen LogP contribution is -2.06. The maximum atomic E-state index is 6.13. The Labute approximate surface area is 115 Å². The summed E-state index contributed by atoms with van der Waals surface area (Å²) in [6.45, 7) is 5.58. The van der Waals surface area contributed by atoms with E-state index < -0.39 is 0 Å². The fraction of sp³-hybridized carbons (Fsp3) is 0.333. The van der Waals surface area contributed by atoms with Gasteiger partial charge in [0.15, 0.2) is 4.77 Å². The molecule has 0 radical (unpaired) electrons. The Morgan fingerprint density at radius 2 is 2.33 bits per heavy atom. The van der Waals surface area contributed by atoms with Gasteiger partial charge in [-0.3, -0.25) is 4.98 Å². The van der Waals surface area contributed by atoms with Gasteiger partial charge in [-0.1, -0.05) is 17.7 Å². The number of ether oxygens (including phenoxy) is 1. The van der Waals surface area contributed by atoms with Crippen LogP contribution < -0.4 is 0 Å². The van der Waals surface area contributed by atoms with E-state index in [0.29, 0.717) is 29.6 Å². The second kappa shape index (κ2) is 6.13. The number of nitrogens with one attached hydrogen (secondary N) is 1. The van der Waals surface area contributed by atoms with Crippen LogP contribution in [0.25, 0.3) is 11.0 Å². The van der Waals surface area contributed by atoms with Crippen LogP contribution in [0.4, 0.5) is 0 Å². The molecule has 1 N–H and O–H groups in total. The quantitative estimate of drug-likeness (QED) is 0.502. The molecule has 0 atom stereocenters. The first-order chi connectivity index (χ1) is 8.74. The molecule has 0 spiro atoms. The summed E-state index contributed by atoms with van der Waals surface area (Å²) in [5.74, 6) is 0. The van der Waals surface area contributed by atoms with E-state index in [9.17, 15) is 0 Å². The van der Waals surface area contributed by atoms with Crippen molar-refractivity contribution in [1.82, 2.24) is 14.5 Å². The van der Waals surface area contributed by atoms with Gasteiger partial charge in [0.25, 0.3) is 0 Å². The van der Waals surface area contributed by atoms with Crippen molar-refractivity contribution in [1.29, 1.82) is 0 Å². The van der Waals surface area contributed by atoms with Gasteiger partial charge >= 0.3 is 0 Å². The second-order valence-corrected chi connectivity index (χ2v) is 4.58. The molecular weight excluding hydrogens is 270 g/mol. The first kappa shape index (κ1) is 13.3. The third-order valence-corrected chi connectivity index (χ3v) is 3.15. The van der Waals surface area contributed by atoms with Gasteiger partial charge in [0, 0.05) is 12.7 Å². The van der Waals surface area contributed by atoms with Gasteiger partial charge in [-0.15, -0.1) is 6.58 Å². The highest BCUT2D eigenvalue weighted by Gasteiger charge is 2.08. The van der Waals surface area contributed by atoms with Crippen molar-refractivity contribution in [2.24, 2.45) is 0 Å². The number of nitrogens with zero attached hydrogens (tertiary/aromatic N) is 2. The number of pyridine rings is 1. The lowest BCUT2D eigenvalue weighted by atomic mass is 10.4. The molecule has 0 saturated heterocycles. The van der Waals surface area contributed by atoms with Crippen molar-refractivity contribution in [2.75, 3.05) is 13.2 Å². The summed E-state index contributed by atoms with van der Waals surface area (Å²) < 4.78 is 8.04. The van der Waals surface area contributed by atoms with Crippen LogP contribution in [0.1, 0.15) is 6.42 Å². The SMILES string of the molecule is C=CCCOCCn1c(=S)[nH]c2cncc(Cl)c21. The minimum Gasteiger partial charge on any atom is -0.379 e. The van der Waals surface area contributed by atoms with Crippen LogP contribution in [0.3, 0.4) is 0 Å². The predicted molar refractivity (Wildman–Crippen MR) is 75.6 cm³/mol. The number of imidazole rings is 1. The van der Waals surface area contributed by atoms with Crippen LogP contribution in [0.15, 0.2) is 25.0 Å². The molecule has 0 unspecified atom stereocenters. The monoisotopic (exact) mass is 283 g/mol. The number of aromatic amines is 1. The van der Waals surface area contributed by atoms with E-state index >= 15 is 0 Å². The predicted octanol–water partition coefficient (Wildman–Crippen LogP) is 3.34. The smallest absolute Gasteiger partial charge is 0.178 e. The van der Waals surface area contributed by atoms with E-state index in [0.717, 1.165) is 17.5 Å². The van der Waals surface area contributed by atoms with Gasteiger partial charge in [0.05, 0.1) is 35.5 Å². The molecule has 0 aromatic carbocycles. The van der Waals surface area contributed by atoms with Gasteiger partial charge in [-0.05, 0) is 18.6 Å². The minimum atomic E-state index is 0.589. The summed E-state index contributed by atoms with van der Waals surface area (Å²) in [4.78, 5) is 7.10. The average molecular weight is 284 g/mol. The maximum absolute atomic E-state index is 6.13. The molecule has 96 valence electrons. The first-order valence-electron chi connectivity index (χ1n) is 5.64. The van der Waals surface area contributed by atoms with Gasteiger partial charge in [0.2, 0.25) is 0 Å². The molecule has 2 aromatic rings. The lowest BCUT2D eigenvalue weighted by molar-refractivity contribution is 0.131. The number of halogens is 1. The number of aromatic nitrogens is 3. The fourth-order valence-electron chi connectivity index (χ4n) is 1.72. The van der Waals surface area contributed by atoms with Gasteiger partial charge in [-0.2, -0.15) is 0 Å². The molecule has 2 rings (SSSR count). The fourth-order valence-corrected chi connectivity index (χ4v) is 2.27. The molecule has 18 heavy (non-hydrogen) atoms. The van der Waals surface area contributed by atoms with Crippen LogP contribution in [0.5, 0.6) is 0 Å². The molecule has 4 nitrogen and oxygen atoms in total. The Hall–Kier alpha value is -1.17. The summed E-state index contributed by atoms with van der Waals surface area (Å²) in [6, 6.07) is 0. The Morgan fingerprint density at radius 3 is 3.11 bits per heavy atom. The molecule has 0 aliphatic carbocycles. The molecule has 0 bridgehead atoms. The van der Waals surface area contributed by atoms with Crippen molar-refractivity contribution in [3.8, 4) is 0 Å². The second-order valence-electron chi connectivity index (χ2n) is 3.79. The molecule has 0 aliphatic heterocycles. The summed E-state index contributed by atoms with van der Waals surface area (Å²) in [7, 11) is 0. The standard InChI is InChI=1S/C12H14ClN3OS/c1-2-3-5-17-6-4-16-11-9(13)7-14-8-10(11)15-12(16)18/h2,7-8H,1,3-6H2,(H,15,18). The zero-order valence-electron chi connectivity index (χ0n) is 9.86. The van der Waals surface area contributed by atoms with Gasteiger partial charge in [0.1, 0.15) is 0 Å². The molecule has 0 saturated carbocycles. The molecule has 6 heteroatoms. The average Bonchev–Trinajstić information content (AvgIpc) is 2.67. The Morgan fingerprint density at radius 1 is 1.50 bits per heavy atom. The highest BCUT2D eigenvalue weighted by atomic mass is 35.5. The van der Waals surface area contributed by atoms with E-state index in [1.54, 1.807) is 12.4 Å². The van der Waals surface area contributed by atoms with Crippen LogP contribution in [-0.2, 0) is 11.3 Å². The lowest BCUT2D eigenvalue weighted by Gasteiger charge is -2.06. The molecule has 0 fully saturated rings. The number of H-pyrrole nitrogens is 1. The number of hydrogen-bond acceptors (Lipinski definition) is 3. The van der Waals surface area contributed by atoms with Crippen molar-refractivity contribution in [2.45, 2.75) is 13.0 Å². The summed E-state index contributed by atoms with van der Waals surface area (Å²) in [5.41, 5.74) is 1.72. The third kappa shape index (κ3) is 2.80. The topological polar surface area (TPSA) is 42.8 Å². The summed E-state index contributed by atoms with van der Waals surface area (Å²) in [6.07, 6.45) is 6.01. The highest BCUT2D eigenvalue weighted by Crippen LogP contribution is 2.21. The summed E-state index contributed by atoms with van der Waals surface area (Å²) >= 11 is 11.4. The molecule has 2 heterocycles. The first-order valence-corrected chi connectivity index (χ1v) is 6.43. The zero-order valence-corrected chi connectivity index (χ0v) is 11.4. The van der Waals surface area contributed by atoms with Gasteiger partial charge in [-0.25, -0.2) is 0 Å². The van der Waals surface area contributed by atoms with E-state index in [1.165, 1.54) is 0 Å². The van der Waals surface area contributed by atoms with Crippen LogP contribution in [-0.4, -0.2) is 27.7 Å². The van der Waals surface area contributed by atoms with Crippen LogP contribution in [0.2, 0.25) is 5.02 Å². The normalized spacial score (nSPS) is 10.9. The highest BCUT2D eigenvalue weighted by molar-refractivity contribution is 7.71. The Bertz CT molecular complexity index is 605. The Balaban J connectivity index is 2.15. The molecule has 2 aromatic heterocycles. The number of hydrogen-bond donors (Lipinski definition) is 1. The minimum absolute atomic E-state index is 0.589. The van der Waals surface area contributed by atoms with Crippen molar-refractivity contribution in [3.63, 3.8) is 0 Å². The number of rotatable bonds is 6. The zero-order chi connectivity index (χ0) is 13.0. The van der Waals surface area contributed by atoms with E-state index in [2.05, 4.69) is 16.5 Å². The number of fused-ring (bicyclic) bond motifs is 1. The van der Waals surface area contributed by atoms with E-state index in [1.807, 2.05) is 10.6 Å². The molecular formula is C12H14ClN3OS. The van der Waals surface area contributed by atoms with Crippen LogP contribution in [0, 0.1) is 4.77 Å². The van der Waals surface area contributed by atoms with E-state index in [4.69, 9.17) is 28.6 Å². The van der Waals surface area contributed by atoms with Crippen LogP contribution >= 0.6 is 23.8 Å².